The van der Waals surface area contributed by atoms with E-state index >= 15 is 0 Å². The Bertz CT molecular complexity index is 184. The molecule has 0 heteroatoms. The van der Waals surface area contributed by atoms with Crippen molar-refractivity contribution in [1.29, 1.82) is 0 Å². The predicted octanol–water partition coefficient (Wildman–Crippen LogP) is 2.82. The minimum atomic E-state index is 1.10. The van der Waals surface area contributed by atoms with Crippen molar-refractivity contribution in [2.45, 2.75) is 19.8 Å². The van der Waals surface area contributed by atoms with Gasteiger partial charge < -0.3 is 0 Å². The zero-order valence-electron chi connectivity index (χ0n) is 6.43. The third-order valence-electron chi connectivity index (χ3n) is 1.56. The van der Waals surface area contributed by atoms with Crippen LogP contribution in [-0.4, -0.2) is 0 Å². The maximum atomic E-state index is 3.82. The van der Waals surface area contributed by atoms with E-state index in [-0.39, 0.29) is 0 Å². The van der Waals surface area contributed by atoms with E-state index in [4.69, 9.17) is 0 Å². The summed E-state index contributed by atoms with van der Waals surface area (Å²) in [5.74, 6) is 0. The van der Waals surface area contributed by atoms with Gasteiger partial charge in [-0.1, -0.05) is 37.6 Å². The molecule has 0 saturated carbocycles. The summed E-state index contributed by atoms with van der Waals surface area (Å²) in [6.07, 6.45) is 2.40. The summed E-state index contributed by atoms with van der Waals surface area (Å²) >= 11 is 0. The van der Waals surface area contributed by atoms with Gasteiger partial charge in [0.1, 0.15) is 0 Å². The first-order valence-electron chi connectivity index (χ1n) is 3.74. The number of hydrogen-bond donors (Lipinski definition) is 0. The predicted molar refractivity (Wildman–Crippen MR) is 44.9 cm³/mol. The second-order valence-corrected chi connectivity index (χ2v) is 2.57. The lowest BCUT2D eigenvalue weighted by atomic mass is 10.1. The SMILES string of the molecule is [CH2]c1ccc(CCC)cc1. The van der Waals surface area contributed by atoms with Gasteiger partial charge in [0.25, 0.3) is 0 Å². The van der Waals surface area contributed by atoms with Crippen molar-refractivity contribution in [2.75, 3.05) is 0 Å². The molecule has 0 amide bonds. The van der Waals surface area contributed by atoms with Crippen LogP contribution >= 0.6 is 0 Å². The Morgan fingerprint density at radius 1 is 1.20 bits per heavy atom. The molecular formula is C10H13. The highest BCUT2D eigenvalue weighted by Crippen LogP contribution is 2.04. The Hall–Kier alpha value is -0.780. The molecule has 0 aliphatic heterocycles. The van der Waals surface area contributed by atoms with E-state index < -0.39 is 0 Å². The average Bonchev–Trinajstić information content (AvgIpc) is 1.95. The van der Waals surface area contributed by atoms with Crippen LogP contribution in [0.2, 0.25) is 0 Å². The van der Waals surface area contributed by atoms with Gasteiger partial charge in [0.2, 0.25) is 0 Å². The largest absolute Gasteiger partial charge is 0.0651 e. The monoisotopic (exact) mass is 133 g/mol. The van der Waals surface area contributed by atoms with Crippen molar-refractivity contribution in [3.05, 3.63) is 42.3 Å². The van der Waals surface area contributed by atoms with E-state index in [1.165, 1.54) is 18.4 Å². The third kappa shape index (κ3) is 1.87. The van der Waals surface area contributed by atoms with Crippen molar-refractivity contribution >= 4 is 0 Å². The van der Waals surface area contributed by atoms with Crippen LogP contribution in [0, 0.1) is 6.92 Å². The molecule has 1 radical (unpaired) electrons. The number of rotatable bonds is 2. The minimum absolute atomic E-state index is 1.10. The molecule has 1 aromatic carbocycles. The van der Waals surface area contributed by atoms with Crippen LogP contribution in [0.5, 0.6) is 0 Å². The smallest absolute Gasteiger partial charge is 0.0238 e. The molecule has 1 rings (SSSR count). The van der Waals surface area contributed by atoms with Crippen LogP contribution in [0.15, 0.2) is 24.3 Å². The zero-order chi connectivity index (χ0) is 7.40. The Kier molecular flexibility index (Phi) is 2.49. The number of hydrogen-bond acceptors (Lipinski definition) is 0. The van der Waals surface area contributed by atoms with Crippen LogP contribution in [0.4, 0.5) is 0 Å². The van der Waals surface area contributed by atoms with Crippen molar-refractivity contribution in [2.24, 2.45) is 0 Å². The molecule has 0 saturated heterocycles. The lowest BCUT2D eigenvalue weighted by Gasteiger charge is -1.97. The lowest BCUT2D eigenvalue weighted by molar-refractivity contribution is 0.921. The van der Waals surface area contributed by atoms with Gasteiger partial charge in [-0.3, -0.25) is 0 Å². The van der Waals surface area contributed by atoms with Gasteiger partial charge in [0.05, 0.1) is 0 Å². The summed E-state index contributed by atoms with van der Waals surface area (Å²) in [5, 5.41) is 0. The van der Waals surface area contributed by atoms with Crippen molar-refractivity contribution in [1.82, 2.24) is 0 Å². The molecular weight excluding hydrogens is 120 g/mol. The van der Waals surface area contributed by atoms with E-state index in [1.54, 1.807) is 0 Å². The standard InChI is InChI=1S/C10H13/c1-3-4-10-7-5-9(2)6-8-10/h5-8H,2-4H2,1H3. The number of aryl methyl sites for hydroxylation is 1. The quantitative estimate of drug-likeness (QED) is 0.582. The fraction of sp³-hybridized carbons (Fsp3) is 0.300. The van der Waals surface area contributed by atoms with Crippen molar-refractivity contribution in [3.63, 3.8) is 0 Å². The van der Waals surface area contributed by atoms with Crippen LogP contribution < -0.4 is 0 Å². The van der Waals surface area contributed by atoms with E-state index in [9.17, 15) is 0 Å². The minimum Gasteiger partial charge on any atom is -0.0651 e. The second kappa shape index (κ2) is 3.40. The van der Waals surface area contributed by atoms with Gasteiger partial charge >= 0.3 is 0 Å². The van der Waals surface area contributed by atoms with Crippen molar-refractivity contribution < 1.29 is 0 Å². The average molecular weight is 133 g/mol. The first kappa shape index (κ1) is 7.33. The van der Waals surface area contributed by atoms with Gasteiger partial charge in [-0.15, -0.1) is 0 Å². The molecule has 0 bridgehead atoms. The molecule has 0 atom stereocenters. The van der Waals surface area contributed by atoms with Crippen LogP contribution in [-0.2, 0) is 6.42 Å². The summed E-state index contributed by atoms with van der Waals surface area (Å²) in [4.78, 5) is 0. The van der Waals surface area contributed by atoms with Gasteiger partial charge in [-0.05, 0) is 24.5 Å². The maximum Gasteiger partial charge on any atom is -0.0238 e. The van der Waals surface area contributed by atoms with Crippen molar-refractivity contribution in [3.8, 4) is 0 Å². The Morgan fingerprint density at radius 3 is 2.30 bits per heavy atom. The summed E-state index contributed by atoms with van der Waals surface area (Å²) in [6, 6.07) is 8.41. The summed E-state index contributed by atoms with van der Waals surface area (Å²) in [7, 11) is 0. The third-order valence-corrected chi connectivity index (χ3v) is 1.56. The Balaban J connectivity index is 2.69. The highest BCUT2D eigenvalue weighted by molar-refractivity contribution is 5.24. The highest BCUT2D eigenvalue weighted by atomic mass is 13.9. The molecule has 0 aliphatic carbocycles. The van der Waals surface area contributed by atoms with E-state index in [0.717, 1.165) is 5.56 Å². The molecule has 0 heterocycles. The van der Waals surface area contributed by atoms with Crippen LogP contribution in [0.3, 0.4) is 0 Å². The molecule has 0 aromatic heterocycles. The molecule has 0 N–H and O–H groups in total. The number of benzene rings is 1. The first-order chi connectivity index (χ1) is 4.83. The van der Waals surface area contributed by atoms with Gasteiger partial charge in [-0.25, -0.2) is 0 Å². The molecule has 1 aromatic rings. The second-order valence-electron chi connectivity index (χ2n) is 2.57. The fourth-order valence-corrected chi connectivity index (χ4v) is 0.995. The first-order valence-corrected chi connectivity index (χ1v) is 3.74. The van der Waals surface area contributed by atoms with Gasteiger partial charge in [-0.2, -0.15) is 0 Å². The Labute approximate surface area is 62.9 Å². The molecule has 10 heavy (non-hydrogen) atoms. The maximum absolute atomic E-state index is 3.82. The van der Waals surface area contributed by atoms with E-state index in [1.807, 2.05) is 0 Å². The molecule has 53 valence electrons. The van der Waals surface area contributed by atoms with E-state index in [2.05, 4.69) is 38.1 Å². The van der Waals surface area contributed by atoms with Crippen LogP contribution in [0.1, 0.15) is 24.5 Å². The summed E-state index contributed by atoms with van der Waals surface area (Å²) < 4.78 is 0. The molecule has 0 spiro atoms. The summed E-state index contributed by atoms with van der Waals surface area (Å²) in [5.41, 5.74) is 2.51. The van der Waals surface area contributed by atoms with Crippen LogP contribution in [0.25, 0.3) is 0 Å². The Morgan fingerprint density at radius 2 is 1.80 bits per heavy atom. The van der Waals surface area contributed by atoms with Gasteiger partial charge in [0, 0.05) is 0 Å². The van der Waals surface area contributed by atoms with Gasteiger partial charge in [0.15, 0.2) is 0 Å². The van der Waals surface area contributed by atoms with E-state index in [0.29, 0.717) is 0 Å². The highest BCUT2D eigenvalue weighted by Gasteiger charge is 1.88. The fourth-order valence-electron chi connectivity index (χ4n) is 0.995. The zero-order valence-corrected chi connectivity index (χ0v) is 6.43. The molecule has 0 aliphatic rings. The summed E-state index contributed by atoms with van der Waals surface area (Å²) in [6.45, 7) is 6.01. The topological polar surface area (TPSA) is 0 Å². The molecule has 0 fully saturated rings. The normalized spacial score (nSPS) is 9.80. The molecule has 0 unspecified atom stereocenters. The molecule has 0 nitrogen and oxygen atoms in total. The lowest BCUT2D eigenvalue weighted by Crippen LogP contribution is -1.81.